The monoisotopic (exact) mass is 255 g/mol. The number of hydrogen-bond donors (Lipinski definition) is 2. The maximum absolute atomic E-state index is 11.9. The Bertz CT molecular complexity index is 245. The lowest BCUT2D eigenvalue weighted by Gasteiger charge is -2.39. The van der Waals surface area contributed by atoms with E-state index in [4.69, 9.17) is 0 Å². The molecule has 1 fully saturated rings. The van der Waals surface area contributed by atoms with Gasteiger partial charge in [-0.2, -0.15) is 0 Å². The van der Waals surface area contributed by atoms with Gasteiger partial charge in [0.1, 0.15) is 0 Å². The highest BCUT2D eigenvalue weighted by Gasteiger charge is 2.29. The van der Waals surface area contributed by atoms with Crippen molar-refractivity contribution in [2.24, 2.45) is 0 Å². The van der Waals surface area contributed by atoms with Gasteiger partial charge in [-0.15, -0.1) is 0 Å². The van der Waals surface area contributed by atoms with Crippen molar-refractivity contribution in [3.63, 3.8) is 0 Å². The molecule has 1 amide bonds. The number of carbonyl (C=O) groups excluding carboxylic acids is 1. The number of nitrogens with one attached hydrogen (secondary N) is 2. The summed E-state index contributed by atoms with van der Waals surface area (Å²) in [6, 6.07) is 0.515. The molecule has 0 aromatic carbocycles. The van der Waals surface area contributed by atoms with Gasteiger partial charge in [-0.1, -0.05) is 13.3 Å². The SMILES string of the molecule is CCCNCC1CCCCN1C(C)C(=O)NCC. The Morgan fingerprint density at radius 2 is 2.17 bits per heavy atom. The van der Waals surface area contributed by atoms with Crippen LogP contribution in [0.5, 0.6) is 0 Å². The molecule has 2 N–H and O–H groups in total. The number of likely N-dealkylation sites (N-methyl/N-ethyl adjacent to an activating group) is 1. The number of hydrogen-bond acceptors (Lipinski definition) is 3. The number of rotatable bonds is 7. The summed E-state index contributed by atoms with van der Waals surface area (Å²) in [6.07, 6.45) is 4.88. The molecule has 1 heterocycles. The minimum absolute atomic E-state index is 0.00123. The Hall–Kier alpha value is -0.610. The van der Waals surface area contributed by atoms with E-state index in [0.717, 1.165) is 26.2 Å². The van der Waals surface area contributed by atoms with Crippen molar-refractivity contribution >= 4 is 5.91 Å². The second-order valence-electron chi connectivity index (χ2n) is 5.16. The highest BCUT2D eigenvalue weighted by atomic mass is 16.2. The molecule has 1 saturated heterocycles. The molecule has 0 aromatic heterocycles. The first-order chi connectivity index (χ1) is 8.70. The molecule has 18 heavy (non-hydrogen) atoms. The Labute approximate surface area is 111 Å². The van der Waals surface area contributed by atoms with Gasteiger partial charge in [0, 0.05) is 19.1 Å². The van der Waals surface area contributed by atoms with Crippen LogP contribution in [0, 0.1) is 0 Å². The summed E-state index contributed by atoms with van der Waals surface area (Å²) in [5, 5.41) is 6.42. The quantitative estimate of drug-likeness (QED) is 0.675. The van der Waals surface area contributed by atoms with E-state index < -0.39 is 0 Å². The van der Waals surface area contributed by atoms with Crippen LogP contribution in [0.2, 0.25) is 0 Å². The van der Waals surface area contributed by atoms with Gasteiger partial charge in [0.2, 0.25) is 5.91 Å². The third-order valence-corrected chi connectivity index (χ3v) is 3.71. The molecule has 0 aromatic rings. The molecule has 4 nitrogen and oxygen atoms in total. The molecule has 2 unspecified atom stereocenters. The number of nitrogens with zero attached hydrogens (tertiary/aromatic N) is 1. The van der Waals surface area contributed by atoms with Crippen molar-refractivity contribution in [2.75, 3.05) is 26.2 Å². The zero-order chi connectivity index (χ0) is 13.4. The molecule has 106 valence electrons. The molecule has 0 bridgehead atoms. The van der Waals surface area contributed by atoms with Crippen molar-refractivity contribution in [1.82, 2.24) is 15.5 Å². The summed E-state index contributed by atoms with van der Waals surface area (Å²) < 4.78 is 0. The van der Waals surface area contributed by atoms with Crippen LogP contribution < -0.4 is 10.6 Å². The van der Waals surface area contributed by atoms with E-state index in [1.807, 2.05) is 13.8 Å². The van der Waals surface area contributed by atoms with Crippen LogP contribution in [0.1, 0.15) is 46.5 Å². The van der Waals surface area contributed by atoms with Crippen LogP contribution in [0.15, 0.2) is 0 Å². The number of carbonyl (C=O) groups is 1. The molecule has 1 aliphatic heterocycles. The summed E-state index contributed by atoms with van der Waals surface area (Å²) in [5.74, 6) is 0.167. The van der Waals surface area contributed by atoms with Crippen LogP contribution in [0.4, 0.5) is 0 Å². The fourth-order valence-electron chi connectivity index (χ4n) is 2.67. The molecule has 4 heteroatoms. The Morgan fingerprint density at radius 3 is 2.83 bits per heavy atom. The highest BCUT2D eigenvalue weighted by molar-refractivity contribution is 5.81. The van der Waals surface area contributed by atoms with Gasteiger partial charge in [-0.25, -0.2) is 0 Å². The van der Waals surface area contributed by atoms with Crippen LogP contribution >= 0.6 is 0 Å². The fourth-order valence-corrected chi connectivity index (χ4v) is 2.67. The number of likely N-dealkylation sites (tertiary alicyclic amines) is 1. The van der Waals surface area contributed by atoms with E-state index in [1.165, 1.54) is 25.7 Å². The predicted molar refractivity (Wildman–Crippen MR) is 75.7 cm³/mol. The molecule has 2 atom stereocenters. The normalized spacial score (nSPS) is 22.7. The molecule has 0 spiro atoms. The fraction of sp³-hybridized carbons (Fsp3) is 0.929. The van der Waals surface area contributed by atoms with Gasteiger partial charge in [0.25, 0.3) is 0 Å². The summed E-state index contributed by atoms with van der Waals surface area (Å²) in [4.78, 5) is 14.3. The second kappa shape index (κ2) is 8.48. The van der Waals surface area contributed by atoms with Crippen molar-refractivity contribution in [3.05, 3.63) is 0 Å². The topological polar surface area (TPSA) is 44.4 Å². The van der Waals surface area contributed by atoms with E-state index >= 15 is 0 Å². The maximum atomic E-state index is 11.9. The number of piperidine rings is 1. The summed E-state index contributed by atoms with van der Waals surface area (Å²) >= 11 is 0. The molecular formula is C14H29N3O. The van der Waals surface area contributed by atoms with E-state index in [-0.39, 0.29) is 11.9 Å². The first kappa shape index (κ1) is 15.4. The van der Waals surface area contributed by atoms with Gasteiger partial charge in [0.05, 0.1) is 6.04 Å². The molecular weight excluding hydrogens is 226 g/mol. The Balaban J connectivity index is 2.49. The second-order valence-corrected chi connectivity index (χ2v) is 5.16. The molecule has 1 aliphatic rings. The Kier molecular flexibility index (Phi) is 7.28. The van der Waals surface area contributed by atoms with Crippen molar-refractivity contribution in [2.45, 2.75) is 58.5 Å². The van der Waals surface area contributed by atoms with Gasteiger partial charge in [0.15, 0.2) is 0 Å². The van der Waals surface area contributed by atoms with Crippen molar-refractivity contribution in [3.8, 4) is 0 Å². The van der Waals surface area contributed by atoms with Gasteiger partial charge >= 0.3 is 0 Å². The van der Waals surface area contributed by atoms with Gasteiger partial charge in [-0.05, 0) is 46.2 Å². The minimum Gasteiger partial charge on any atom is -0.355 e. The summed E-state index contributed by atoms with van der Waals surface area (Å²) in [5.41, 5.74) is 0. The van der Waals surface area contributed by atoms with Gasteiger partial charge in [-0.3, -0.25) is 9.69 Å². The lowest BCUT2D eigenvalue weighted by Crippen LogP contribution is -2.54. The molecule has 1 rings (SSSR count). The highest BCUT2D eigenvalue weighted by Crippen LogP contribution is 2.19. The lowest BCUT2D eigenvalue weighted by atomic mass is 9.99. The molecule has 0 radical (unpaired) electrons. The van der Waals surface area contributed by atoms with Crippen molar-refractivity contribution < 1.29 is 4.79 Å². The molecule has 0 aliphatic carbocycles. The Morgan fingerprint density at radius 1 is 1.39 bits per heavy atom. The third kappa shape index (κ3) is 4.58. The first-order valence-electron chi connectivity index (χ1n) is 7.44. The van der Waals surface area contributed by atoms with E-state index in [1.54, 1.807) is 0 Å². The molecule has 0 saturated carbocycles. The average molecular weight is 255 g/mol. The minimum atomic E-state index is -0.00123. The number of amides is 1. The smallest absolute Gasteiger partial charge is 0.237 e. The van der Waals surface area contributed by atoms with Crippen LogP contribution in [-0.2, 0) is 4.79 Å². The van der Waals surface area contributed by atoms with E-state index in [0.29, 0.717) is 6.04 Å². The van der Waals surface area contributed by atoms with Crippen LogP contribution in [0.25, 0.3) is 0 Å². The first-order valence-corrected chi connectivity index (χ1v) is 7.44. The average Bonchev–Trinajstić information content (AvgIpc) is 2.39. The zero-order valence-corrected chi connectivity index (χ0v) is 12.2. The maximum Gasteiger partial charge on any atom is 0.237 e. The van der Waals surface area contributed by atoms with Crippen LogP contribution in [0.3, 0.4) is 0 Å². The summed E-state index contributed by atoms with van der Waals surface area (Å²) in [7, 11) is 0. The van der Waals surface area contributed by atoms with Crippen molar-refractivity contribution in [1.29, 1.82) is 0 Å². The zero-order valence-electron chi connectivity index (χ0n) is 12.2. The summed E-state index contributed by atoms with van der Waals surface area (Å²) in [6.45, 7) is 10.0. The largest absolute Gasteiger partial charge is 0.355 e. The van der Waals surface area contributed by atoms with Crippen LogP contribution in [-0.4, -0.2) is 49.1 Å². The lowest BCUT2D eigenvalue weighted by molar-refractivity contribution is -0.127. The van der Waals surface area contributed by atoms with Gasteiger partial charge < -0.3 is 10.6 Å². The van der Waals surface area contributed by atoms with E-state index in [9.17, 15) is 4.79 Å². The standard InChI is InChI=1S/C14H29N3O/c1-4-9-15-11-13-8-6-7-10-17(13)12(3)14(18)16-5-2/h12-13,15H,4-11H2,1-3H3,(H,16,18). The predicted octanol–water partition coefficient (Wildman–Crippen LogP) is 1.37. The van der Waals surface area contributed by atoms with E-state index in [2.05, 4.69) is 22.5 Å². The third-order valence-electron chi connectivity index (χ3n) is 3.71.